The molecule has 4 aliphatic carbocycles. The SMILES string of the molecule is COC(=O)C=CC1Cc2ccc(cc2)CCc2ccc1cc2. The van der Waals surface area contributed by atoms with Crippen LogP contribution >= 0.6 is 0 Å². The molecular weight excluding hydrogens is 272 g/mol. The predicted molar refractivity (Wildman–Crippen MR) is 87.9 cm³/mol. The van der Waals surface area contributed by atoms with E-state index in [0.29, 0.717) is 0 Å². The summed E-state index contributed by atoms with van der Waals surface area (Å²) in [5.41, 5.74) is 5.24. The number of hydrogen-bond donors (Lipinski definition) is 0. The highest BCUT2D eigenvalue weighted by molar-refractivity contribution is 5.81. The number of aryl methyl sites for hydroxylation is 2. The van der Waals surface area contributed by atoms with Crippen LogP contribution in [0.3, 0.4) is 0 Å². The van der Waals surface area contributed by atoms with Gasteiger partial charge in [0.15, 0.2) is 0 Å². The van der Waals surface area contributed by atoms with E-state index in [9.17, 15) is 4.79 Å². The minimum absolute atomic E-state index is 0.179. The Kier molecular flexibility index (Phi) is 4.38. The van der Waals surface area contributed by atoms with E-state index in [0.717, 1.165) is 19.3 Å². The van der Waals surface area contributed by atoms with E-state index in [1.54, 1.807) is 0 Å². The smallest absolute Gasteiger partial charge is 0.330 e. The molecule has 0 saturated heterocycles. The third-order valence-corrected chi connectivity index (χ3v) is 4.25. The minimum Gasteiger partial charge on any atom is -0.466 e. The number of hydrogen-bond acceptors (Lipinski definition) is 2. The van der Waals surface area contributed by atoms with Crippen molar-refractivity contribution in [3.8, 4) is 0 Å². The van der Waals surface area contributed by atoms with Gasteiger partial charge in [-0.15, -0.1) is 0 Å². The lowest BCUT2D eigenvalue weighted by molar-refractivity contribution is -0.134. The molecule has 0 N–H and O–H groups in total. The average Bonchev–Trinajstić information content (AvgIpc) is 2.56. The topological polar surface area (TPSA) is 26.3 Å². The molecule has 4 aliphatic rings. The predicted octanol–water partition coefficient (Wildman–Crippen LogP) is 3.84. The number of benzene rings is 2. The summed E-state index contributed by atoms with van der Waals surface area (Å²) in [5, 5.41) is 0. The largest absolute Gasteiger partial charge is 0.466 e. The normalized spacial score (nSPS) is 17.2. The van der Waals surface area contributed by atoms with E-state index in [1.807, 2.05) is 6.08 Å². The average molecular weight is 292 g/mol. The van der Waals surface area contributed by atoms with Crippen molar-refractivity contribution in [2.75, 3.05) is 7.11 Å². The van der Waals surface area contributed by atoms with Gasteiger partial charge in [-0.25, -0.2) is 4.79 Å². The molecule has 1 unspecified atom stereocenters. The highest BCUT2D eigenvalue weighted by atomic mass is 16.5. The van der Waals surface area contributed by atoms with Crippen LogP contribution in [0.1, 0.15) is 28.2 Å². The Bertz CT molecular complexity index is 666. The van der Waals surface area contributed by atoms with Crippen LogP contribution in [0, 0.1) is 0 Å². The second kappa shape index (κ2) is 6.61. The fourth-order valence-corrected chi connectivity index (χ4v) is 2.88. The van der Waals surface area contributed by atoms with Gasteiger partial charge in [0.1, 0.15) is 0 Å². The molecule has 2 nitrogen and oxygen atoms in total. The Balaban J connectivity index is 1.96. The second-order valence-corrected chi connectivity index (χ2v) is 5.75. The molecule has 0 heterocycles. The summed E-state index contributed by atoms with van der Waals surface area (Å²) in [5.74, 6) is -0.128. The zero-order chi connectivity index (χ0) is 15.4. The van der Waals surface area contributed by atoms with Crippen LogP contribution in [-0.4, -0.2) is 13.1 Å². The van der Waals surface area contributed by atoms with Gasteiger partial charge in [0, 0.05) is 12.0 Å². The summed E-state index contributed by atoms with van der Waals surface area (Å²) in [7, 11) is 1.40. The summed E-state index contributed by atoms with van der Waals surface area (Å²) >= 11 is 0. The Morgan fingerprint density at radius 2 is 1.50 bits per heavy atom. The van der Waals surface area contributed by atoms with Gasteiger partial charge in [-0.1, -0.05) is 54.6 Å². The number of methoxy groups -OCH3 is 1. The number of ether oxygens (including phenoxy) is 1. The molecule has 2 heteroatoms. The summed E-state index contributed by atoms with van der Waals surface area (Å²) < 4.78 is 4.70. The molecule has 2 aromatic rings. The fraction of sp³-hybridized carbons (Fsp3) is 0.250. The standard InChI is InChI=1S/C20H20O2/c1-22-20(21)13-12-19-14-17-6-4-15(5-7-17)2-3-16-8-10-18(19)11-9-16/h4-13,19H,2-3,14H2,1H3. The van der Waals surface area contributed by atoms with Crippen LogP contribution < -0.4 is 0 Å². The van der Waals surface area contributed by atoms with Crippen molar-refractivity contribution < 1.29 is 9.53 Å². The molecule has 6 rings (SSSR count). The first-order valence-corrected chi connectivity index (χ1v) is 7.67. The van der Waals surface area contributed by atoms with Crippen LogP contribution in [0.4, 0.5) is 0 Å². The van der Waals surface area contributed by atoms with E-state index in [2.05, 4.69) is 48.5 Å². The van der Waals surface area contributed by atoms with Gasteiger partial charge < -0.3 is 4.74 Å². The third kappa shape index (κ3) is 3.45. The fourth-order valence-electron chi connectivity index (χ4n) is 2.88. The Morgan fingerprint density at radius 3 is 2.09 bits per heavy atom. The van der Waals surface area contributed by atoms with E-state index >= 15 is 0 Å². The lowest BCUT2D eigenvalue weighted by atomic mass is 9.89. The maximum Gasteiger partial charge on any atom is 0.330 e. The lowest BCUT2D eigenvalue weighted by Crippen LogP contribution is -2.04. The molecule has 0 aromatic heterocycles. The van der Waals surface area contributed by atoms with Crippen molar-refractivity contribution in [3.05, 3.63) is 82.9 Å². The number of rotatable bonds is 2. The van der Waals surface area contributed by atoms with Crippen molar-refractivity contribution >= 4 is 5.97 Å². The van der Waals surface area contributed by atoms with Crippen LogP contribution in [0.15, 0.2) is 60.7 Å². The summed E-state index contributed by atoms with van der Waals surface area (Å²) in [6.45, 7) is 0. The quantitative estimate of drug-likeness (QED) is 0.621. The first-order chi connectivity index (χ1) is 10.7. The molecule has 0 spiro atoms. The maximum atomic E-state index is 11.4. The summed E-state index contributed by atoms with van der Waals surface area (Å²) in [6, 6.07) is 17.6. The molecule has 0 amide bonds. The number of allylic oxidation sites excluding steroid dienone is 1. The molecular formula is C20H20O2. The van der Waals surface area contributed by atoms with Crippen LogP contribution in [-0.2, 0) is 28.8 Å². The zero-order valence-electron chi connectivity index (χ0n) is 12.8. The lowest BCUT2D eigenvalue weighted by Gasteiger charge is -2.16. The van der Waals surface area contributed by atoms with Crippen LogP contribution in [0.5, 0.6) is 0 Å². The number of carbonyl (C=O) groups is 1. The molecule has 0 fully saturated rings. The first kappa shape index (κ1) is 14.6. The molecule has 112 valence electrons. The zero-order valence-corrected chi connectivity index (χ0v) is 12.8. The summed E-state index contributed by atoms with van der Waals surface area (Å²) in [4.78, 5) is 11.4. The molecule has 0 saturated carbocycles. The Labute approximate surface area is 131 Å². The van der Waals surface area contributed by atoms with E-state index in [1.165, 1.54) is 35.4 Å². The van der Waals surface area contributed by atoms with Crippen molar-refractivity contribution in [1.29, 1.82) is 0 Å². The molecule has 2 aromatic carbocycles. The third-order valence-electron chi connectivity index (χ3n) is 4.25. The van der Waals surface area contributed by atoms with Gasteiger partial charge in [0.05, 0.1) is 7.11 Å². The monoisotopic (exact) mass is 292 g/mol. The van der Waals surface area contributed by atoms with Gasteiger partial charge in [-0.05, 0) is 41.5 Å². The molecule has 1 atom stereocenters. The van der Waals surface area contributed by atoms with Crippen LogP contribution in [0.25, 0.3) is 0 Å². The van der Waals surface area contributed by atoms with E-state index < -0.39 is 0 Å². The highest BCUT2D eigenvalue weighted by Crippen LogP contribution is 2.25. The van der Waals surface area contributed by atoms with Gasteiger partial charge in [-0.3, -0.25) is 0 Å². The maximum absolute atomic E-state index is 11.4. The second-order valence-electron chi connectivity index (χ2n) is 5.75. The Morgan fingerprint density at radius 1 is 0.955 bits per heavy atom. The molecule has 0 radical (unpaired) electrons. The van der Waals surface area contributed by atoms with Gasteiger partial charge in [0.25, 0.3) is 0 Å². The van der Waals surface area contributed by atoms with Gasteiger partial charge in [-0.2, -0.15) is 0 Å². The van der Waals surface area contributed by atoms with Crippen molar-refractivity contribution in [3.63, 3.8) is 0 Å². The van der Waals surface area contributed by atoms with E-state index in [4.69, 9.17) is 4.74 Å². The molecule has 4 bridgehead atoms. The number of carbonyl (C=O) groups excluding carboxylic acids is 1. The Hall–Kier alpha value is -2.35. The first-order valence-electron chi connectivity index (χ1n) is 7.67. The van der Waals surface area contributed by atoms with Crippen molar-refractivity contribution in [2.24, 2.45) is 0 Å². The summed E-state index contributed by atoms with van der Waals surface area (Å²) in [6.07, 6.45) is 6.49. The van der Waals surface area contributed by atoms with Crippen LogP contribution in [0.2, 0.25) is 0 Å². The minimum atomic E-state index is -0.307. The highest BCUT2D eigenvalue weighted by Gasteiger charge is 2.12. The van der Waals surface area contributed by atoms with Crippen molar-refractivity contribution in [1.82, 2.24) is 0 Å². The van der Waals surface area contributed by atoms with Gasteiger partial charge in [0.2, 0.25) is 0 Å². The molecule has 0 aliphatic heterocycles. The van der Waals surface area contributed by atoms with Gasteiger partial charge >= 0.3 is 5.97 Å². The van der Waals surface area contributed by atoms with E-state index in [-0.39, 0.29) is 11.9 Å². The molecule has 22 heavy (non-hydrogen) atoms. The number of esters is 1. The van der Waals surface area contributed by atoms with Crippen molar-refractivity contribution in [2.45, 2.75) is 25.2 Å².